The monoisotopic (exact) mass is 373 g/mol. The summed E-state index contributed by atoms with van der Waals surface area (Å²) in [5.74, 6) is 0.176. The van der Waals surface area contributed by atoms with Crippen molar-refractivity contribution in [1.29, 1.82) is 5.26 Å². The van der Waals surface area contributed by atoms with Crippen molar-refractivity contribution in [3.8, 4) is 11.9 Å². The van der Waals surface area contributed by atoms with Gasteiger partial charge in [0.25, 0.3) is 5.69 Å². The maximum Gasteiger partial charge on any atom is 0.288 e. The van der Waals surface area contributed by atoms with E-state index < -0.39 is 10.8 Å². The van der Waals surface area contributed by atoms with E-state index >= 15 is 0 Å². The van der Waals surface area contributed by atoms with Gasteiger partial charge in [0.15, 0.2) is 0 Å². The molecule has 134 valence electrons. The SMILES string of the molecule is CC(C)(C)c1nc2c([nH]1)C(c1ccc(Cl)c([N+](=O)[O-])c1)C(C#N)=C(N)O2. The molecule has 26 heavy (non-hydrogen) atoms. The number of benzene rings is 1. The van der Waals surface area contributed by atoms with Crippen molar-refractivity contribution in [3.63, 3.8) is 0 Å². The molecule has 2 heterocycles. The molecule has 0 saturated heterocycles. The molecule has 0 saturated carbocycles. The number of aromatic amines is 1. The van der Waals surface area contributed by atoms with Crippen molar-refractivity contribution in [2.24, 2.45) is 5.73 Å². The van der Waals surface area contributed by atoms with Gasteiger partial charge < -0.3 is 15.5 Å². The summed E-state index contributed by atoms with van der Waals surface area (Å²) in [6.07, 6.45) is 0. The van der Waals surface area contributed by atoms with Gasteiger partial charge in [0, 0.05) is 11.5 Å². The Labute approximate surface area is 154 Å². The molecular formula is C17H16ClN5O3. The maximum atomic E-state index is 11.2. The number of nitrogens with two attached hydrogens (primary N) is 1. The quantitative estimate of drug-likeness (QED) is 0.611. The molecule has 3 rings (SSSR count). The predicted octanol–water partition coefficient (Wildman–Crippen LogP) is 3.49. The Morgan fingerprint density at radius 3 is 2.73 bits per heavy atom. The number of aromatic nitrogens is 2. The first-order valence-corrected chi connectivity index (χ1v) is 8.13. The summed E-state index contributed by atoms with van der Waals surface area (Å²) in [5, 5.41) is 20.8. The number of nitro groups is 1. The predicted molar refractivity (Wildman–Crippen MR) is 94.7 cm³/mol. The van der Waals surface area contributed by atoms with Crippen LogP contribution in [0.4, 0.5) is 5.69 Å². The largest absolute Gasteiger partial charge is 0.420 e. The molecule has 0 spiro atoms. The summed E-state index contributed by atoms with van der Waals surface area (Å²) in [6, 6.07) is 6.42. The van der Waals surface area contributed by atoms with Crippen LogP contribution in [0.1, 0.15) is 43.8 Å². The van der Waals surface area contributed by atoms with E-state index in [0.29, 0.717) is 17.1 Å². The first-order chi connectivity index (χ1) is 12.1. The topological polar surface area (TPSA) is 131 Å². The zero-order valence-corrected chi connectivity index (χ0v) is 15.1. The van der Waals surface area contributed by atoms with Gasteiger partial charge in [0.1, 0.15) is 22.5 Å². The van der Waals surface area contributed by atoms with Crippen LogP contribution < -0.4 is 10.5 Å². The Morgan fingerprint density at radius 1 is 1.46 bits per heavy atom. The minimum atomic E-state index is -0.664. The van der Waals surface area contributed by atoms with Crippen LogP contribution in [0.3, 0.4) is 0 Å². The van der Waals surface area contributed by atoms with Gasteiger partial charge in [0.2, 0.25) is 11.8 Å². The van der Waals surface area contributed by atoms with Gasteiger partial charge in [0.05, 0.1) is 16.5 Å². The number of nitrogens with one attached hydrogen (secondary N) is 1. The molecule has 3 N–H and O–H groups in total. The normalized spacial score (nSPS) is 16.7. The third kappa shape index (κ3) is 2.86. The molecule has 9 heteroatoms. The fourth-order valence-corrected chi connectivity index (χ4v) is 2.93. The molecule has 1 aromatic heterocycles. The van der Waals surface area contributed by atoms with Gasteiger partial charge in [-0.1, -0.05) is 38.4 Å². The lowest BCUT2D eigenvalue weighted by Crippen LogP contribution is -2.21. The van der Waals surface area contributed by atoms with Crippen LogP contribution in [0.5, 0.6) is 5.88 Å². The summed E-state index contributed by atoms with van der Waals surface area (Å²) in [5.41, 5.74) is 6.53. The summed E-state index contributed by atoms with van der Waals surface area (Å²) in [7, 11) is 0. The first kappa shape index (κ1) is 17.8. The number of H-pyrrole nitrogens is 1. The number of rotatable bonds is 2. The summed E-state index contributed by atoms with van der Waals surface area (Å²) >= 11 is 5.91. The lowest BCUT2D eigenvalue weighted by Gasteiger charge is -2.22. The van der Waals surface area contributed by atoms with Gasteiger partial charge in [-0.05, 0) is 11.6 Å². The average molecular weight is 374 g/mol. The van der Waals surface area contributed by atoms with Crippen molar-refractivity contribution in [2.75, 3.05) is 0 Å². The second-order valence-corrected chi connectivity index (χ2v) is 7.35. The number of allylic oxidation sites excluding steroid dienone is 1. The van der Waals surface area contributed by atoms with E-state index in [1.807, 2.05) is 26.8 Å². The Bertz CT molecular complexity index is 981. The molecule has 2 aromatic rings. The van der Waals surface area contributed by atoms with Gasteiger partial charge >= 0.3 is 0 Å². The zero-order valence-electron chi connectivity index (χ0n) is 14.3. The highest BCUT2D eigenvalue weighted by Gasteiger charge is 2.36. The van der Waals surface area contributed by atoms with Crippen LogP contribution in [-0.2, 0) is 5.41 Å². The number of ether oxygens (including phenoxy) is 1. The Morgan fingerprint density at radius 2 is 2.15 bits per heavy atom. The van der Waals surface area contributed by atoms with Crippen LogP contribution in [0, 0.1) is 21.4 Å². The number of imidazole rings is 1. The molecule has 8 nitrogen and oxygen atoms in total. The summed E-state index contributed by atoms with van der Waals surface area (Å²) in [6.45, 7) is 5.92. The first-order valence-electron chi connectivity index (χ1n) is 7.75. The fourth-order valence-electron chi connectivity index (χ4n) is 2.75. The van der Waals surface area contributed by atoms with Crippen LogP contribution in [-0.4, -0.2) is 14.9 Å². The number of hydrogen-bond donors (Lipinski definition) is 2. The highest BCUT2D eigenvalue weighted by Crippen LogP contribution is 2.43. The van der Waals surface area contributed by atoms with E-state index in [1.165, 1.54) is 12.1 Å². The third-order valence-corrected chi connectivity index (χ3v) is 4.40. The second kappa shape index (κ2) is 6.04. The van der Waals surface area contributed by atoms with E-state index in [9.17, 15) is 15.4 Å². The molecule has 1 aromatic carbocycles. The maximum absolute atomic E-state index is 11.2. The molecule has 1 aliphatic rings. The highest BCUT2D eigenvalue weighted by atomic mass is 35.5. The van der Waals surface area contributed by atoms with Crippen molar-refractivity contribution >= 4 is 17.3 Å². The Balaban J connectivity index is 2.23. The molecule has 0 radical (unpaired) electrons. The number of nitriles is 1. The van der Waals surface area contributed by atoms with Crippen molar-refractivity contribution in [1.82, 2.24) is 9.97 Å². The van der Waals surface area contributed by atoms with E-state index in [1.54, 1.807) is 6.07 Å². The zero-order chi connectivity index (χ0) is 19.2. The molecule has 0 bridgehead atoms. The molecule has 1 aliphatic heterocycles. The van der Waals surface area contributed by atoms with E-state index in [0.717, 1.165) is 0 Å². The van der Waals surface area contributed by atoms with Crippen LogP contribution in [0.15, 0.2) is 29.7 Å². The standard InChI is InChI=1S/C17H16ClN5O3/c1-17(2,3)16-21-13-12(9(7-19)14(20)26-15(13)22-16)8-4-5-10(18)11(6-8)23(24)25/h4-6,12H,20H2,1-3H3,(H,21,22). The molecule has 0 aliphatic carbocycles. The number of nitro benzene ring substituents is 1. The van der Waals surface area contributed by atoms with E-state index in [-0.39, 0.29) is 33.5 Å². The average Bonchev–Trinajstić information content (AvgIpc) is 2.97. The molecular weight excluding hydrogens is 358 g/mol. The van der Waals surface area contributed by atoms with Gasteiger partial charge in [-0.15, -0.1) is 0 Å². The van der Waals surface area contributed by atoms with Crippen molar-refractivity contribution < 1.29 is 9.66 Å². The molecule has 1 unspecified atom stereocenters. The number of halogens is 1. The van der Waals surface area contributed by atoms with Gasteiger partial charge in [-0.25, -0.2) is 0 Å². The van der Waals surface area contributed by atoms with E-state index in [2.05, 4.69) is 9.97 Å². The molecule has 0 fully saturated rings. The third-order valence-electron chi connectivity index (χ3n) is 4.08. The Kier molecular flexibility index (Phi) is 4.12. The molecule has 0 amide bonds. The lowest BCUT2D eigenvalue weighted by molar-refractivity contribution is -0.384. The number of hydrogen-bond acceptors (Lipinski definition) is 6. The van der Waals surface area contributed by atoms with Crippen LogP contribution in [0.25, 0.3) is 0 Å². The van der Waals surface area contributed by atoms with Gasteiger partial charge in [-0.3, -0.25) is 10.1 Å². The summed E-state index contributed by atoms with van der Waals surface area (Å²) in [4.78, 5) is 18.3. The van der Waals surface area contributed by atoms with Crippen LogP contribution in [0.2, 0.25) is 5.02 Å². The minimum Gasteiger partial charge on any atom is -0.420 e. The lowest BCUT2D eigenvalue weighted by atomic mass is 9.87. The van der Waals surface area contributed by atoms with Crippen molar-refractivity contribution in [3.05, 3.63) is 61.9 Å². The summed E-state index contributed by atoms with van der Waals surface area (Å²) < 4.78 is 5.50. The second-order valence-electron chi connectivity index (χ2n) is 6.95. The number of nitrogens with zero attached hydrogens (tertiary/aromatic N) is 3. The Hall–Kier alpha value is -3.05. The highest BCUT2D eigenvalue weighted by molar-refractivity contribution is 6.32. The van der Waals surface area contributed by atoms with E-state index in [4.69, 9.17) is 22.1 Å². The smallest absolute Gasteiger partial charge is 0.288 e. The van der Waals surface area contributed by atoms with Gasteiger partial charge in [-0.2, -0.15) is 10.2 Å². The fraction of sp³-hybridized carbons (Fsp3) is 0.294. The van der Waals surface area contributed by atoms with Crippen LogP contribution >= 0.6 is 11.6 Å². The minimum absolute atomic E-state index is 0.0153. The number of fused-ring (bicyclic) bond motifs is 1. The van der Waals surface area contributed by atoms with Crippen molar-refractivity contribution in [2.45, 2.75) is 32.1 Å². The molecule has 1 atom stereocenters.